The first kappa shape index (κ1) is 27.5. The van der Waals surface area contributed by atoms with Crippen LogP contribution in [0.25, 0.3) is 0 Å². The standard InChI is InChI=1S/C24H36ClNO7/c1-6-24(22(29)30)18(13-31-14-19(32-7-2)33-8-3)26-15(4)23(5,21(27)28)20(24)16-11-9-10-12-17(16)25/h9-12,15,18-20,26H,6-8,13-14H2,1-5H3,(H,27,28)(H,29,30). The van der Waals surface area contributed by atoms with E-state index < -0.39 is 47.1 Å². The summed E-state index contributed by atoms with van der Waals surface area (Å²) < 4.78 is 16.9. The van der Waals surface area contributed by atoms with Crippen LogP contribution in [0.15, 0.2) is 24.3 Å². The second-order valence-electron chi connectivity index (χ2n) is 8.56. The van der Waals surface area contributed by atoms with Crippen molar-refractivity contribution in [2.45, 2.75) is 65.3 Å². The van der Waals surface area contributed by atoms with E-state index in [2.05, 4.69) is 5.32 Å². The van der Waals surface area contributed by atoms with E-state index in [0.717, 1.165) is 0 Å². The molecule has 1 aromatic rings. The average Bonchev–Trinajstić information content (AvgIpc) is 2.76. The Morgan fingerprint density at radius 3 is 2.21 bits per heavy atom. The van der Waals surface area contributed by atoms with Crippen LogP contribution in [-0.4, -0.2) is 67.0 Å². The first-order chi connectivity index (χ1) is 15.6. The zero-order chi connectivity index (χ0) is 24.8. The number of piperidine rings is 1. The molecule has 0 saturated carbocycles. The highest BCUT2D eigenvalue weighted by atomic mass is 35.5. The number of hydrogen-bond donors (Lipinski definition) is 3. The summed E-state index contributed by atoms with van der Waals surface area (Å²) in [6.07, 6.45) is -0.389. The zero-order valence-electron chi connectivity index (χ0n) is 20.0. The van der Waals surface area contributed by atoms with E-state index >= 15 is 0 Å². The van der Waals surface area contributed by atoms with E-state index in [4.69, 9.17) is 25.8 Å². The van der Waals surface area contributed by atoms with E-state index in [1.54, 1.807) is 45.0 Å². The van der Waals surface area contributed by atoms with Crippen molar-refractivity contribution >= 4 is 23.5 Å². The molecule has 3 N–H and O–H groups in total. The van der Waals surface area contributed by atoms with Crippen LogP contribution in [0.4, 0.5) is 0 Å². The summed E-state index contributed by atoms with van der Waals surface area (Å²) >= 11 is 6.52. The summed E-state index contributed by atoms with van der Waals surface area (Å²) in [5, 5.41) is 24.5. The molecule has 5 atom stereocenters. The molecule has 1 fully saturated rings. The number of benzene rings is 1. The second-order valence-corrected chi connectivity index (χ2v) is 8.97. The molecular weight excluding hydrogens is 450 g/mol. The van der Waals surface area contributed by atoms with Crippen molar-refractivity contribution in [1.82, 2.24) is 5.32 Å². The topological polar surface area (TPSA) is 114 Å². The summed E-state index contributed by atoms with van der Waals surface area (Å²) in [7, 11) is 0. The fourth-order valence-electron chi connectivity index (χ4n) is 5.10. The van der Waals surface area contributed by atoms with E-state index in [9.17, 15) is 19.8 Å². The van der Waals surface area contributed by atoms with Crippen molar-refractivity contribution in [3.05, 3.63) is 34.9 Å². The normalized spacial score (nSPS) is 29.8. The summed E-state index contributed by atoms with van der Waals surface area (Å²) in [5.74, 6) is -3.08. The Morgan fingerprint density at radius 1 is 1.12 bits per heavy atom. The molecule has 5 unspecified atom stereocenters. The quantitative estimate of drug-likeness (QED) is 0.383. The Kier molecular flexibility index (Phi) is 9.70. The molecule has 8 nitrogen and oxygen atoms in total. The number of carboxylic acid groups (broad SMARTS) is 2. The lowest BCUT2D eigenvalue weighted by Gasteiger charge is -2.56. The molecule has 9 heteroatoms. The van der Waals surface area contributed by atoms with Crippen LogP contribution < -0.4 is 5.32 Å². The van der Waals surface area contributed by atoms with Crippen molar-refractivity contribution in [2.24, 2.45) is 10.8 Å². The highest BCUT2D eigenvalue weighted by Crippen LogP contribution is 2.58. The van der Waals surface area contributed by atoms with Gasteiger partial charge in [0.05, 0.1) is 24.0 Å². The fourth-order valence-corrected chi connectivity index (χ4v) is 5.34. The molecule has 186 valence electrons. The number of halogens is 1. The van der Waals surface area contributed by atoms with Crippen LogP contribution in [0.2, 0.25) is 5.02 Å². The predicted octanol–water partition coefficient (Wildman–Crippen LogP) is 3.77. The molecule has 0 spiro atoms. The number of carbonyl (C=O) groups is 2. The van der Waals surface area contributed by atoms with Gasteiger partial charge in [-0.15, -0.1) is 0 Å². The van der Waals surface area contributed by atoms with Crippen LogP contribution in [0.5, 0.6) is 0 Å². The van der Waals surface area contributed by atoms with Gasteiger partial charge in [-0.25, -0.2) is 0 Å². The maximum atomic E-state index is 13.0. The molecule has 2 rings (SSSR count). The number of carboxylic acids is 2. The maximum absolute atomic E-state index is 13.0. The summed E-state index contributed by atoms with van der Waals surface area (Å²) in [5.41, 5.74) is -2.42. The van der Waals surface area contributed by atoms with Crippen LogP contribution >= 0.6 is 11.6 Å². The first-order valence-electron chi connectivity index (χ1n) is 11.4. The van der Waals surface area contributed by atoms with Gasteiger partial charge in [0.15, 0.2) is 6.29 Å². The molecule has 1 aromatic carbocycles. The van der Waals surface area contributed by atoms with Crippen molar-refractivity contribution in [1.29, 1.82) is 0 Å². The van der Waals surface area contributed by atoms with Crippen molar-refractivity contribution in [3.8, 4) is 0 Å². The summed E-state index contributed by atoms with van der Waals surface area (Å²) in [6.45, 7) is 9.88. The second kappa shape index (κ2) is 11.6. The summed E-state index contributed by atoms with van der Waals surface area (Å²) in [6, 6.07) is 5.64. The molecule has 1 heterocycles. The molecule has 0 aromatic heterocycles. The third-order valence-corrected chi connectivity index (χ3v) is 7.34. The van der Waals surface area contributed by atoms with Gasteiger partial charge in [-0.2, -0.15) is 0 Å². The molecule has 1 aliphatic heterocycles. The highest BCUT2D eigenvalue weighted by molar-refractivity contribution is 6.31. The zero-order valence-corrected chi connectivity index (χ0v) is 20.7. The van der Waals surface area contributed by atoms with Crippen molar-refractivity contribution in [3.63, 3.8) is 0 Å². The van der Waals surface area contributed by atoms with Gasteiger partial charge in [0.2, 0.25) is 0 Å². The Labute approximate surface area is 200 Å². The summed E-state index contributed by atoms with van der Waals surface area (Å²) in [4.78, 5) is 25.6. The number of nitrogens with one attached hydrogen (secondary N) is 1. The number of hydrogen-bond acceptors (Lipinski definition) is 6. The maximum Gasteiger partial charge on any atom is 0.311 e. The highest BCUT2D eigenvalue weighted by Gasteiger charge is 2.65. The lowest BCUT2D eigenvalue weighted by Crippen LogP contribution is -2.70. The Morgan fingerprint density at radius 2 is 1.73 bits per heavy atom. The lowest BCUT2D eigenvalue weighted by atomic mass is 9.51. The van der Waals surface area contributed by atoms with Crippen LogP contribution in [-0.2, 0) is 23.8 Å². The van der Waals surface area contributed by atoms with Crippen molar-refractivity contribution in [2.75, 3.05) is 26.4 Å². The van der Waals surface area contributed by atoms with Gasteiger partial charge in [-0.1, -0.05) is 36.7 Å². The molecule has 0 radical (unpaired) electrons. The molecule has 0 amide bonds. The minimum atomic E-state index is -1.49. The van der Waals surface area contributed by atoms with Gasteiger partial charge in [-0.05, 0) is 45.7 Å². The van der Waals surface area contributed by atoms with Gasteiger partial charge in [0, 0.05) is 36.2 Å². The Hall–Kier alpha value is -1.71. The van der Waals surface area contributed by atoms with Crippen LogP contribution in [0.3, 0.4) is 0 Å². The van der Waals surface area contributed by atoms with Gasteiger partial charge in [-0.3, -0.25) is 9.59 Å². The van der Waals surface area contributed by atoms with E-state index in [1.807, 2.05) is 13.8 Å². The van der Waals surface area contributed by atoms with Gasteiger partial charge in [0.1, 0.15) is 0 Å². The molecule has 0 bridgehead atoms. The van der Waals surface area contributed by atoms with Crippen LogP contribution in [0, 0.1) is 10.8 Å². The number of rotatable bonds is 12. The monoisotopic (exact) mass is 485 g/mol. The molecule has 1 saturated heterocycles. The average molecular weight is 486 g/mol. The smallest absolute Gasteiger partial charge is 0.311 e. The van der Waals surface area contributed by atoms with Gasteiger partial charge < -0.3 is 29.7 Å². The van der Waals surface area contributed by atoms with Crippen molar-refractivity contribution < 1.29 is 34.0 Å². The molecular formula is C24H36ClNO7. The third kappa shape index (κ3) is 5.20. The van der Waals surface area contributed by atoms with E-state index in [1.165, 1.54) is 0 Å². The predicted molar refractivity (Wildman–Crippen MR) is 125 cm³/mol. The minimum absolute atomic E-state index is 0.0395. The molecule has 1 aliphatic rings. The molecule has 33 heavy (non-hydrogen) atoms. The number of aliphatic carboxylic acids is 2. The van der Waals surface area contributed by atoms with E-state index in [0.29, 0.717) is 23.8 Å². The molecule has 0 aliphatic carbocycles. The third-order valence-electron chi connectivity index (χ3n) is 6.99. The lowest BCUT2D eigenvalue weighted by molar-refractivity contribution is -0.182. The fraction of sp³-hybridized carbons (Fsp3) is 0.667. The number of ether oxygens (including phenoxy) is 3. The van der Waals surface area contributed by atoms with Gasteiger partial charge in [0.25, 0.3) is 0 Å². The SMILES string of the molecule is CCOC(COCC1NC(C)C(C)(C(=O)O)C(c2ccccc2Cl)C1(CC)C(=O)O)OCC. The Bertz CT molecular complexity index is 816. The Balaban J connectivity index is 2.53. The minimum Gasteiger partial charge on any atom is -0.481 e. The first-order valence-corrected chi connectivity index (χ1v) is 11.8. The largest absolute Gasteiger partial charge is 0.481 e. The van der Waals surface area contributed by atoms with Crippen LogP contribution in [0.1, 0.15) is 52.5 Å². The van der Waals surface area contributed by atoms with Gasteiger partial charge >= 0.3 is 11.9 Å². The van der Waals surface area contributed by atoms with E-state index in [-0.39, 0.29) is 19.6 Å².